The van der Waals surface area contributed by atoms with Crippen LogP contribution in [0.1, 0.15) is 42.8 Å². The van der Waals surface area contributed by atoms with Gasteiger partial charge in [-0.1, -0.05) is 10.3 Å². The van der Waals surface area contributed by atoms with Crippen LogP contribution < -0.4 is 0 Å². The molecule has 1 saturated heterocycles. The van der Waals surface area contributed by atoms with Gasteiger partial charge in [0.2, 0.25) is 11.8 Å². The zero-order valence-electron chi connectivity index (χ0n) is 13.5. The van der Waals surface area contributed by atoms with Gasteiger partial charge in [0.05, 0.1) is 12.6 Å². The van der Waals surface area contributed by atoms with Crippen LogP contribution in [0.3, 0.4) is 0 Å². The SMILES string of the molecule is Cc1noc([C@@H](C)N2CC[C@@H](N(C)Cc3noc(C)n3)C2)n1. The lowest BCUT2D eigenvalue weighted by molar-refractivity contribution is 0.177. The fourth-order valence-electron chi connectivity index (χ4n) is 2.88. The van der Waals surface area contributed by atoms with E-state index in [0.29, 0.717) is 30.2 Å². The largest absolute Gasteiger partial charge is 0.340 e. The molecule has 8 nitrogen and oxygen atoms in total. The van der Waals surface area contributed by atoms with Crippen molar-refractivity contribution in [2.24, 2.45) is 0 Å². The Balaban J connectivity index is 1.57. The van der Waals surface area contributed by atoms with Crippen LogP contribution >= 0.6 is 0 Å². The molecule has 22 heavy (non-hydrogen) atoms. The molecule has 1 aliphatic heterocycles. The van der Waals surface area contributed by atoms with E-state index in [1.165, 1.54) is 0 Å². The van der Waals surface area contributed by atoms with Gasteiger partial charge in [-0.25, -0.2) is 0 Å². The molecular formula is C14H22N6O2. The van der Waals surface area contributed by atoms with Gasteiger partial charge in [-0.15, -0.1) is 0 Å². The lowest BCUT2D eigenvalue weighted by Gasteiger charge is -2.25. The quantitative estimate of drug-likeness (QED) is 0.818. The minimum atomic E-state index is 0.145. The summed E-state index contributed by atoms with van der Waals surface area (Å²) in [4.78, 5) is 13.2. The van der Waals surface area contributed by atoms with E-state index < -0.39 is 0 Å². The molecule has 0 spiro atoms. The van der Waals surface area contributed by atoms with Crippen LogP contribution in [0.25, 0.3) is 0 Å². The average Bonchev–Trinajstić information content (AvgIpc) is 3.19. The highest BCUT2D eigenvalue weighted by Crippen LogP contribution is 2.25. The van der Waals surface area contributed by atoms with Crippen molar-refractivity contribution in [2.45, 2.75) is 45.8 Å². The van der Waals surface area contributed by atoms with Crippen molar-refractivity contribution in [2.75, 3.05) is 20.1 Å². The van der Waals surface area contributed by atoms with Crippen LogP contribution in [-0.2, 0) is 6.54 Å². The molecule has 2 aromatic heterocycles. The van der Waals surface area contributed by atoms with E-state index in [0.717, 1.165) is 25.3 Å². The van der Waals surface area contributed by atoms with Crippen molar-refractivity contribution >= 4 is 0 Å². The summed E-state index contributed by atoms with van der Waals surface area (Å²) in [6, 6.07) is 0.609. The van der Waals surface area contributed by atoms with Crippen molar-refractivity contribution in [3.8, 4) is 0 Å². The zero-order chi connectivity index (χ0) is 15.7. The van der Waals surface area contributed by atoms with Gasteiger partial charge in [0, 0.05) is 26.1 Å². The summed E-state index contributed by atoms with van der Waals surface area (Å²) in [5.74, 6) is 2.72. The summed E-state index contributed by atoms with van der Waals surface area (Å²) in [6.45, 7) is 8.44. The fourth-order valence-corrected chi connectivity index (χ4v) is 2.88. The van der Waals surface area contributed by atoms with Gasteiger partial charge in [0.1, 0.15) is 0 Å². The second-order valence-electron chi connectivity index (χ2n) is 5.94. The lowest BCUT2D eigenvalue weighted by atomic mass is 10.2. The minimum Gasteiger partial charge on any atom is -0.340 e. The second kappa shape index (κ2) is 6.13. The van der Waals surface area contributed by atoms with Crippen LogP contribution in [-0.4, -0.2) is 56.3 Å². The van der Waals surface area contributed by atoms with Gasteiger partial charge in [-0.3, -0.25) is 9.80 Å². The maximum atomic E-state index is 5.28. The summed E-state index contributed by atoms with van der Waals surface area (Å²) in [5, 5.41) is 7.83. The molecule has 0 aliphatic carbocycles. The highest BCUT2D eigenvalue weighted by Gasteiger charge is 2.31. The zero-order valence-corrected chi connectivity index (χ0v) is 13.5. The molecule has 0 radical (unpaired) electrons. The van der Waals surface area contributed by atoms with E-state index in [1.807, 2.05) is 13.8 Å². The van der Waals surface area contributed by atoms with Crippen molar-refractivity contribution < 1.29 is 9.05 Å². The Kier molecular flexibility index (Phi) is 4.21. The number of hydrogen-bond donors (Lipinski definition) is 0. The number of aryl methyl sites for hydroxylation is 2. The third-order valence-corrected chi connectivity index (χ3v) is 4.23. The standard InChI is InChI=1S/C14H22N6O2/c1-9(14-15-10(2)17-22-14)20-6-5-12(7-20)19(4)8-13-16-11(3)21-18-13/h9,12H,5-8H2,1-4H3/t9-,12-/m1/s1. The number of nitrogens with zero attached hydrogens (tertiary/aromatic N) is 6. The molecule has 2 atom stereocenters. The Hall–Kier alpha value is -1.80. The highest BCUT2D eigenvalue weighted by molar-refractivity contribution is 4.95. The molecule has 3 heterocycles. The number of hydrogen-bond acceptors (Lipinski definition) is 8. The Morgan fingerprint density at radius 2 is 2.09 bits per heavy atom. The summed E-state index contributed by atoms with van der Waals surface area (Å²) in [5.41, 5.74) is 0. The molecule has 8 heteroatoms. The summed E-state index contributed by atoms with van der Waals surface area (Å²) >= 11 is 0. The third-order valence-electron chi connectivity index (χ3n) is 4.23. The first-order valence-corrected chi connectivity index (χ1v) is 7.56. The van der Waals surface area contributed by atoms with Crippen molar-refractivity contribution in [1.29, 1.82) is 0 Å². The molecule has 0 saturated carbocycles. The first-order chi connectivity index (χ1) is 10.5. The Bertz CT molecular complexity index is 624. The van der Waals surface area contributed by atoms with E-state index in [-0.39, 0.29) is 6.04 Å². The Labute approximate surface area is 129 Å². The number of likely N-dealkylation sites (tertiary alicyclic amines) is 1. The second-order valence-corrected chi connectivity index (χ2v) is 5.94. The van der Waals surface area contributed by atoms with Crippen LogP contribution in [0, 0.1) is 13.8 Å². The van der Waals surface area contributed by atoms with Crippen molar-refractivity contribution in [1.82, 2.24) is 30.1 Å². The smallest absolute Gasteiger partial charge is 0.243 e. The van der Waals surface area contributed by atoms with Gasteiger partial charge in [0.15, 0.2) is 11.6 Å². The van der Waals surface area contributed by atoms with Gasteiger partial charge in [-0.2, -0.15) is 9.97 Å². The van der Waals surface area contributed by atoms with E-state index in [4.69, 9.17) is 9.05 Å². The maximum Gasteiger partial charge on any atom is 0.243 e. The molecule has 120 valence electrons. The molecule has 0 N–H and O–H groups in total. The highest BCUT2D eigenvalue weighted by atomic mass is 16.5. The number of likely N-dealkylation sites (N-methyl/N-ethyl adjacent to an activating group) is 1. The van der Waals surface area contributed by atoms with Gasteiger partial charge < -0.3 is 9.05 Å². The summed E-state index contributed by atoms with van der Waals surface area (Å²) in [7, 11) is 2.10. The van der Waals surface area contributed by atoms with Gasteiger partial charge in [0.25, 0.3) is 0 Å². The van der Waals surface area contributed by atoms with Crippen molar-refractivity contribution in [3.05, 3.63) is 23.4 Å². The number of rotatable bonds is 5. The molecule has 1 fully saturated rings. The molecule has 1 aliphatic rings. The fraction of sp³-hybridized carbons (Fsp3) is 0.714. The molecule has 0 amide bonds. The van der Waals surface area contributed by atoms with Crippen LogP contribution in [0.15, 0.2) is 9.05 Å². The topological polar surface area (TPSA) is 84.3 Å². The Morgan fingerprint density at radius 1 is 1.27 bits per heavy atom. The summed E-state index contributed by atoms with van der Waals surface area (Å²) < 4.78 is 10.3. The first-order valence-electron chi connectivity index (χ1n) is 7.56. The predicted molar refractivity (Wildman–Crippen MR) is 77.9 cm³/mol. The lowest BCUT2D eigenvalue weighted by Crippen LogP contribution is -2.35. The van der Waals surface area contributed by atoms with Crippen LogP contribution in [0.5, 0.6) is 0 Å². The van der Waals surface area contributed by atoms with E-state index in [1.54, 1.807) is 0 Å². The summed E-state index contributed by atoms with van der Waals surface area (Å²) in [6.07, 6.45) is 1.10. The third kappa shape index (κ3) is 3.17. The molecule has 0 bridgehead atoms. The predicted octanol–water partition coefficient (Wildman–Crippen LogP) is 1.34. The van der Waals surface area contributed by atoms with Crippen LogP contribution in [0.2, 0.25) is 0 Å². The molecular weight excluding hydrogens is 284 g/mol. The van der Waals surface area contributed by atoms with Crippen LogP contribution in [0.4, 0.5) is 0 Å². The normalized spacial score (nSPS) is 20.9. The van der Waals surface area contributed by atoms with Gasteiger partial charge >= 0.3 is 0 Å². The first kappa shape index (κ1) is 15.1. The monoisotopic (exact) mass is 306 g/mol. The maximum absolute atomic E-state index is 5.28. The molecule has 2 aromatic rings. The van der Waals surface area contributed by atoms with E-state index in [9.17, 15) is 0 Å². The molecule has 3 rings (SSSR count). The number of aromatic nitrogens is 4. The molecule has 0 unspecified atom stereocenters. The van der Waals surface area contributed by atoms with Gasteiger partial charge in [-0.05, 0) is 27.3 Å². The minimum absolute atomic E-state index is 0.145. The van der Waals surface area contributed by atoms with Crippen molar-refractivity contribution in [3.63, 3.8) is 0 Å². The Morgan fingerprint density at radius 3 is 2.73 bits per heavy atom. The van der Waals surface area contributed by atoms with E-state index >= 15 is 0 Å². The average molecular weight is 306 g/mol. The van der Waals surface area contributed by atoms with E-state index in [2.05, 4.69) is 44.1 Å². The molecule has 0 aromatic carbocycles.